The monoisotopic (exact) mass is 261 g/mol. The highest BCUT2D eigenvalue weighted by Crippen LogP contribution is 2.11. The molecule has 0 bridgehead atoms. The first-order chi connectivity index (χ1) is 7.86. The largest absolute Gasteiger partial charge is 0.497 e. The van der Waals surface area contributed by atoms with Crippen LogP contribution < -0.4 is 10.1 Å². The molecule has 1 aromatic carbocycles. The summed E-state index contributed by atoms with van der Waals surface area (Å²) < 4.78 is 10.3. The van der Waals surface area contributed by atoms with Crippen molar-refractivity contribution in [3.8, 4) is 5.75 Å². The Hall–Kier alpha value is -0.810. The lowest BCUT2D eigenvalue weighted by molar-refractivity contribution is 0.0938. The number of benzene rings is 1. The van der Waals surface area contributed by atoms with E-state index in [2.05, 4.69) is 5.32 Å². The summed E-state index contributed by atoms with van der Waals surface area (Å²) in [6, 6.07) is 7.94. The van der Waals surface area contributed by atoms with Gasteiger partial charge in [-0.05, 0) is 17.7 Å². The number of rotatable bonds is 8. The summed E-state index contributed by atoms with van der Waals surface area (Å²) in [5.74, 6) is 0.871. The lowest BCUT2D eigenvalue weighted by Gasteiger charge is -2.06. The number of hydrogen-bond donors (Lipinski definition) is 2. The molecule has 98 valence electrons. The molecule has 0 saturated heterocycles. The van der Waals surface area contributed by atoms with Crippen molar-refractivity contribution in [3.05, 3.63) is 29.8 Å². The van der Waals surface area contributed by atoms with Crippen molar-refractivity contribution in [2.45, 2.75) is 6.54 Å². The molecule has 0 amide bonds. The molecule has 0 fully saturated rings. The Morgan fingerprint density at radius 3 is 2.82 bits per heavy atom. The molecule has 0 aliphatic rings. The van der Waals surface area contributed by atoms with Crippen molar-refractivity contribution in [2.75, 3.05) is 33.5 Å². The Morgan fingerprint density at radius 2 is 2.12 bits per heavy atom. The van der Waals surface area contributed by atoms with Gasteiger partial charge in [0.15, 0.2) is 0 Å². The quantitative estimate of drug-likeness (QED) is 0.691. The summed E-state index contributed by atoms with van der Waals surface area (Å²) in [6.45, 7) is 2.66. The average molecular weight is 262 g/mol. The van der Waals surface area contributed by atoms with E-state index in [1.54, 1.807) is 7.11 Å². The van der Waals surface area contributed by atoms with Gasteiger partial charge in [0.05, 0.1) is 26.9 Å². The second-order valence-corrected chi connectivity index (χ2v) is 3.36. The van der Waals surface area contributed by atoms with Crippen molar-refractivity contribution < 1.29 is 14.6 Å². The topological polar surface area (TPSA) is 50.7 Å². The number of aliphatic hydroxyl groups excluding tert-OH is 1. The second-order valence-electron chi connectivity index (χ2n) is 3.36. The number of methoxy groups -OCH3 is 1. The third kappa shape index (κ3) is 7.18. The fraction of sp³-hybridized carbons (Fsp3) is 0.500. The first-order valence-corrected chi connectivity index (χ1v) is 5.39. The van der Waals surface area contributed by atoms with Crippen molar-refractivity contribution in [2.24, 2.45) is 0 Å². The van der Waals surface area contributed by atoms with Crippen LogP contribution in [0.15, 0.2) is 24.3 Å². The fourth-order valence-corrected chi connectivity index (χ4v) is 1.33. The maximum atomic E-state index is 8.50. The van der Waals surface area contributed by atoms with Crippen molar-refractivity contribution in [1.82, 2.24) is 5.32 Å². The smallest absolute Gasteiger partial charge is 0.119 e. The lowest BCUT2D eigenvalue weighted by atomic mass is 10.2. The predicted octanol–water partition coefficient (Wildman–Crippen LogP) is 1.22. The van der Waals surface area contributed by atoms with E-state index < -0.39 is 0 Å². The molecule has 17 heavy (non-hydrogen) atoms. The molecular formula is C12H20ClNO3. The maximum Gasteiger partial charge on any atom is 0.119 e. The van der Waals surface area contributed by atoms with Gasteiger partial charge in [-0.15, -0.1) is 12.4 Å². The molecule has 4 nitrogen and oxygen atoms in total. The Bertz CT molecular complexity index is 297. The molecule has 1 aromatic rings. The SMILES string of the molecule is COc1cccc(CNCCOCCO)c1.Cl. The fourth-order valence-electron chi connectivity index (χ4n) is 1.33. The molecule has 2 N–H and O–H groups in total. The van der Waals surface area contributed by atoms with E-state index in [1.165, 1.54) is 5.56 Å². The van der Waals surface area contributed by atoms with E-state index in [0.29, 0.717) is 13.2 Å². The zero-order valence-electron chi connectivity index (χ0n) is 10.0. The lowest BCUT2D eigenvalue weighted by Crippen LogP contribution is -2.19. The first kappa shape index (κ1) is 16.2. The van der Waals surface area contributed by atoms with Crippen LogP contribution in [0.25, 0.3) is 0 Å². The summed E-state index contributed by atoms with van der Waals surface area (Å²) >= 11 is 0. The summed E-state index contributed by atoms with van der Waals surface area (Å²) in [4.78, 5) is 0. The minimum absolute atomic E-state index is 0. The number of aliphatic hydroxyl groups is 1. The highest BCUT2D eigenvalue weighted by molar-refractivity contribution is 5.85. The van der Waals surface area contributed by atoms with Crippen LogP contribution in [0.2, 0.25) is 0 Å². The molecule has 0 aliphatic heterocycles. The van der Waals surface area contributed by atoms with Crippen LogP contribution in [-0.4, -0.2) is 38.6 Å². The minimum Gasteiger partial charge on any atom is -0.497 e. The van der Waals surface area contributed by atoms with Gasteiger partial charge in [-0.25, -0.2) is 0 Å². The first-order valence-electron chi connectivity index (χ1n) is 5.39. The Morgan fingerprint density at radius 1 is 1.29 bits per heavy atom. The molecule has 5 heteroatoms. The van der Waals surface area contributed by atoms with Gasteiger partial charge in [0.25, 0.3) is 0 Å². The van der Waals surface area contributed by atoms with Gasteiger partial charge in [-0.3, -0.25) is 0 Å². The Kier molecular flexibility index (Phi) is 9.86. The highest BCUT2D eigenvalue weighted by atomic mass is 35.5. The molecule has 0 atom stereocenters. The van der Waals surface area contributed by atoms with Crippen molar-refractivity contribution in [3.63, 3.8) is 0 Å². The van der Waals surface area contributed by atoms with Gasteiger partial charge in [0, 0.05) is 13.1 Å². The third-order valence-corrected chi connectivity index (χ3v) is 2.12. The van der Waals surface area contributed by atoms with Crippen LogP contribution in [-0.2, 0) is 11.3 Å². The second kappa shape index (κ2) is 10.4. The van der Waals surface area contributed by atoms with Crippen LogP contribution in [0.4, 0.5) is 0 Å². The number of halogens is 1. The van der Waals surface area contributed by atoms with Gasteiger partial charge in [0.2, 0.25) is 0 Å². The van der Waals surface area contributed by atoms with Crippen molar-refractivity contribution in [1.29, 1.82) is 0 Å². The molecule has 0 spiro atoms. The Balaban J connectivity index is 0.00000256. The van der Waals surface area contributed by atoms with Crippen LogP contribution in [0.3, 0.4) is 0 Å². The summed E-state index contributed by atoms with van der Waals surface area (Å²) in [5.41, 5.74) is 1.18. The van der Waals surface area contributed by atoms with Gasteiger partial charge in [-0.2, -0.15) is 0 Å². The van der Waals surface area contributed by atoms with E-state index in [1.807, 2.05) is 24.3 Å². The standard InChI is InChI=1S/C12H19NO3.ClH/c1-15-12-4-2-3-11(9-12)10-13-5-7-16-8-6-14;/h2-4,9,13-14H,5-8,10H2,1H3;1H. The van der Waals surface area contributed by atoms with E-state index in [4.69, 9.17) is 14.6 Å². The normalized spacial score (nSPS) is 9.76. The summed E-state index contributed by atoms with van der Waals surface area (Å²) in [6.07, 6.45) is 0. The van der Waals surface area contributed by atoms with Gasteiger partial charge in [0.1, 0.15) is 5.75 Å². The average Bonchev–Trinajstić information content (AvgIpc) is 2.34. The molecule has 0 heterocycles. The van der Waals surface area contributed by atoms with E-state index in [9.17, 15) is 0 Å². The zero-order valence-corrected chi connectivity index (χ0v) is 10.8. The van der Waals surface area contributed by atoms with Crippen LogP contribution in [0, 0.1) is 0 Å². The van der Waals surface area contributed by atoms with E-state index >= 15 is 0 Å². The molecule has 1 rings (SSSR count). The van der Waals surface area contributed by atoms with Crippen LogP contribution in [0.5, 0.6) is 5.75 Å². The molecule has 0 radical (unpaired) electrons. The van der Waals surface area contributed by atoms with Gasteiger partial charge < -0.3 is 19.9 Å². The number of nitrogens with one attached hydrogen (secondary N) is 1. The number of hydrogen-bond acceptors (Lipinski definition) is 4. The molecule has 0 aliphatic carbocycles. The molecule has 0 unspecified atom stereocenters. The summed E-state index contributed by atoms with van der Waals surface area (Å²) in [5, 5.41) is 11.7. The van der Waals surface area contributed by atoms with Crippen LogP contribution in [0.1, 0.15) is 5.56 Å². The Labute approximate surface area is 108 Å². The van der Waals surface area contributed by atoms with Gasteiger partial charge in [-0.1, -0.05) is 12.1 Å². The number of ether oxygens (including phenoxy) is 2. The van der Waals surface area contributed by atoms with Gasteiger partial charge >= 0.3 is 0 Å². The van der Waals surface area contributed by atoms with E-state index in [0.717, 1.165) is 18.8 Å². The molecule has 0 aromatic heterocycles. The maximum absolute atomic E-state index is 8.50. The minimum atomic E-state index is 0. The third-order valence-electron chi connectivity index (χ3n) is 2.12. The summed E-state index contributed by atoms with van der Waals surface area (Å²) in [7, 11) is 1.66. The highest BCUT2D eigenvalue weighted by Gasteiger charge is 1.95. The molecule has 0 saturated carbocycles. The zero-order chi connectivity index (χ0) is 11.6. The predicted molar refractivity (Wildman–Crippen MR) is 69.9 cm³/mol. The van der Waals surface area contributed by atoms with Crippen LogP contribution >= 0.6 is 12.4 Å². The van der Waals surface area contributed by atoms with Crippen molar-refractivity contribution >= 4 is 12.4 Å². The molecular weight excluding hydrogens is 242 g/mol. The van der Waals surface area contributed by atoms with E-state index in [-0.39, 0.29) is 19.0 Å².